The van der Waals surface area contributed by atoms with Gasteiger partial charge in [0.2, 0.25) is 0 Å². The predicted octanol–water partition coefficient (Wildman–Crippen LogP) is 7.91. The SMILES string of the molecule is C=C(CCC(C(=O)O)C1CCC2(C)C3=CCC(C(=C)C)C(C)(CCC(=O)OC)C3=CCC12C)C(C)C. The van der Waals surface area contributed by atoms with Crippen LogP contribution in [0.4, 0.5) is 0 Å². The molecule has 0 aromatic rings. The van der Waals surface area contributed by atoms with Crippen LogP contribution in [0.1, 0.15) is 92.9 Å². The van der Waals surface area contributed by atoms with Crippen LogP contribution >= 0.6 is 0 Å². The predicted molar refractivity (Wildman–Crippen MR) is 146 cm³/mol. The maximum absolute atomic E-state index is 12.6. The highest BCUT2D eigenvalue weighted by Gasteiger charge is 2.62. The Kier molecular flexibility index (Phi) is 8.18. The van der Waals surface area contributed by atoms with Crippen molar-refractivity contribution in [3.05, 3.63) is 47.6 Å². The Bertz CT molecular complexity index is 984. The molecule has 0 aliphatic heterocycles. The van der Waals surface area contributed by atoms with Gasteiger partial charge in [0, 0.05) is 6.42 Å². The van der Waals surface area contributed by atoms with Crippen LogP contribution in [0, 0.1) is 39.9 Å². The number of esters is 1. The highest BCUT2D eigenvalue weighted by Crippen LogP contribution is 2.70. The summed E-state index contributed by atoms with van der Waals surface area (Å²) >= 11 is 0. The second-order valence-corrected chi connectivity index (χ2v) is 12.8. The number of carboxylic acids is 1. The van der Waals surface area contributed by atoms with Crippen LogP contribution in [0.15, 0.2) is 47.6 Å². The number of hydrogen-bond donors (Lipinski definition) is 1. The molecule has 3 aliphatic rings. The van der Waals surface area contributed by atoms with Crippen molar-refractivity contribution in [2.75, 3.05) is 7.11 Å². The molecule has 0 bridgehead atoms. The van der Waals surface area contributed by atoms with Gasteiger partial charge in [-0.2, -0.15) is 0 Å². The average Bonchev–Trinajstić information content (AvgIpc) is 3.08. The molecule has 0 radical (unpaired) electrons. The first-order chi connectivity index (χ1) is 16.7. The number of rotatable bonds is 10. The van der Waals surface area contributed by atoms with Crippen LogP contribution in [0.3, 0.4) is 0 Å². The molecule has 36 heavy (non-hydrogen) atoms. The number of carboxylic acid groups (broad SMARTS) is 1. The fourth-order valence-corrected chi connectivity index (χ4v) is 7.85. The minimum absolute atomic E-state index is 0.0862. The lowest BCUT2D eigenvalue weighted by molar-refractivity contribution is -0.146. The van der Waals surface area contributed by atoms with Crippen LogP contribution in [0.25, 0.3) is 0 Å². The molecule has 4 heteroatoms. The van der Waals surface area contributed by atoms with Gasteiger partial charge in [-0.25, -0.2) is 0 Å². The second-order valence-electron chi connectivity index (χ2n) is 12.8. The monoisotopic (exact) mass is 496 g/mol. The fourth-order valence-electron chi connectivity index (χ4n) is 7.85. The molecule has 1 saturated carbocycles. The van der Waals surface area contributed by atoms with E-state index in [0.29, 0.717) is 18.8 Å². The Morgan fingerprint density at radius 2 is 1.81 bits per heavy atom. The molecule has 0 aromatic heterocycles. The average molecular weight is 497 g/mol. The number of methoxy groups -OCH3 is 1. The summed E-state index contributed by atoms with van der Waals surface area (Å²) in [7, 11) is 1.45. The smallest absolute Gasteiger partial charge is 0.306 e. The Morgan fingerprint density at radius 3 is 2.36 bits per heavy atom. The molecule has 6 atom stereocenters. The number of allylic oxidation sites excluding steroid dienone is 6. The van der Waals surface area contributed by atoms with E-state index >= 15 is 0 Å². The van der Waals surface area contributed by atoms with Gasteiger partial charge in [-0.3, -0.25) is 9.59 Å². The number of hydrogen-bond acceptors (Lipinski definition) is 3. The summed E-state index contributed by atoms with van der Waals surface area (Å²) < 4.78 is 4.98. The van der Waals surface area contributed by atoms with Crippen LogP contribution < -0.4 is 0 Å². The molecule has 0 heterocycles. The highest BCUT2D eigenvalue weighted by atomic mass is 16.5. The summed E-state index contributed by atoms with van der Waals surface area (Å²) in [6, 6.07) is 0. The Balaban J connectivity index is 1.99. The molecule has 3 aliphatic carbocycles. The number of carbonyl (C=O) groups excluding carboxylic acids is 1. The van der Waals surface area contributed by atoms with Crippen molar-refractivity contribution in [1.82, 2.24) is 0 Å². The van der Waals surface area contributed by atoms with Gasteiger partial charge in [-0.15, -0.1) is 0 Å². The van der Waals surface area contributed by atoms with Gasteiger partial charge in [-0.1, -0.05) is 71.1 Å². The van der Waals surface area contributed by atoms with Crippen molar-refractivity contribution in [3.63, 3.8) is 0 Å². The lowest BCUT2D eigenvalue weighted by Crippen LogP contribution is -2.48. The van der Waals surface area contributed by atoms with E-state index in [0.717, 1.165) is 49.7 Å². The second kappa shape index (κ2) is 10.3. The minimum Gasteiger partial charge on any atom is -0.481 e. The zero-order valence-electron chi connectivity index (χ0n) is 23.7. The van der Waals surface area contributed by atoms with Gasteiger partial charge >= 0.3 is 11.9 Å². The maximum Gasteiger partial charge on any atom is 0.306 e. The third kappa shape index (κ3) is 4.65. The summed E-state index contributed by atoms with van der Waals surface area (Å²) in [5, 5.41) is 10.3. The molecular weight excluding hydrogens is 448 g/mol. The van der Waals surface area contributed by atoms with Gasteiger partial charge in [-0.05, 0) is 97.0 Å². The number of fused-ring (bicyclic) bond motifs is 3. The third-order valence-corrected chi connectivity index (χ3v) is 10.7. The van der Waals surface area contributed by atoms with E-state index in [1.165, 1.54) is 18.3 Å². The van der Waals surface area contributed by atoms with Gasteiger partial charge < -0.3 is 9.84 Å². The van der Waals surface area contributed by atoms with E-state index in [9.17, 15) is 14.7 Å². The summed E-state index contributed by atoms with van der Waals surface area (Å²) in [6.07, 6.45) is 11.1. The lowest BCUT2D eigenvalue weighted by Gasteiger charge is -2.56. The molecule has 6 unspecified atom stereocenters. The summed E-state index contributed by atoms with van der Waals surface area (Å²) in [5.74, 6) is -0.427. The van der Waals surface area contributed by atoms with E-state index in [2.05, 4.69) is 66.9 Å². The molecule has 0 amide bonds. The number of ether oxygens (including phenoxy) is 1. The molecular formula is C32H48O4. The minimum atomic E-state index is -0.667. The van der Waals surface area contributed by atoms with Crippen molar-refractivity contribution in [3.8, 4) is 0 Å². The first-order valence-corrected chi connectivity index (χ1v) is 13.8. The van der Waals surface area contributed by atoms with E-state index in [4.69, 9.17) is 4.74 Å². The first kappa shape index (κ1) is 28.5. The zero-order valence-corrected chi connectivity index (χ0v) is 23.7. The highest BCUT2D eigenvalue weighted by molar-refractivity contribution is 5.71. The molecule has 200 valence electrons. The standard InChI is InChI=1S/C32H48O4/c1-20(2)22(5)10-11-23(29(34)35)25-14-18-32(8)27-13-12-24(21(3)4)30(6,17-16-28(33)36-9)26(27)15-19-31(25,32)7/h13,15,20,23-25H,3,5,10-12,14,16-19H2,1-2,4,6-9H3,(H,34,35). The molecule has 0 spiro atoms. The zero-order chi connectivity index (χ0) is 27.1. The largest absolute Gasteiger partial charge is 0.481 e. The molecule has 0 saturated heterocycles. The van der Waals surface area contributed by atoms with E-state index < -0.39 is 5.97 Å². The summed E-state index contributed by atoms with van der Waals surface area (Å²) in [5.41, 5.74) is 4.64. The van der Waals surface area contributed by atoms with Gasteiger partial charge in [0.1, 0.15) is 0 Å². The molecule has 3 rings (SSSR count). The molecule has 1 N–H and O–H groups in total. The van der Waals surface area contributed by atoms with Crippen LogP contribution in [0.5, 0.6) is 0 Å². The Labute approximate surface area is 219 Å². The summed E-state index contributed by atoms with van der Waals surface area (Å²) in [6.45, 7) is 21.9. The van der Waals surface area contributed by atoms with Crippen LogP contribution in [0.2, 0.25) is 0 Å². The molecule has 4 nitrogen and oxygen atoms in total. The maximum atomic E-state index is 12.6. The third-order valence-electron chi connectivity index (χ3n) is 10.7. The van der Waals surface area contributed by atoms with Crippen molar-refractivity contribution >= 4 is 11.9 Å². The van der Waals surface area contributed by atoms with Crippen LogP contribution in [-0.4, -0.2) is 24.2 Å². The van der Waals surface area contributed by atoms with E-state index in [1.54, 1.807) is 0 Å². The lowest BCUT2D eigenvalue weighted by atomic mass is 9.48. The van der Waals surface area contributed by atoms with Crippen LogP contribution in [-0.2, 0) is 14.3 Å². The fraction of sp³-hybridized carbons (Fsp3) is 0.688. The molecule has 0 aromatic carbocycles. The van der Waals surface area contributed by atoms with Gasteiger partial charge in [0.05, 0.1) is 13.0 Å². The topological polar surface area (TPSA) is 63.6 Å². The van der Waals surface area contributed by atoms with Crippen molar-refractivity contribution in [2.45, 2.75) is 92.9 Å². The number of carbonyl (C=O) groups is 2. The van der Waals surface area contributed by atoms with E-state index in [-0.39, 0.29) is 40.0 Å². The van der Waals surface area contributed by atoms with Crippen molar-refractivity contribution in [2.24, 2.45) is 39.9 Å². The number of aliphatic carboxylic acids is 1. The Morgan fingerprint density at radius 1 is 1.14 bits per heavy atom. The summed E-state index contributed by atoms with van der Waals surface area (Å²) in [4.78, 5) is 24.7. The van der Waals surface area contributed by atoms with Gasteiger partial charge in [0.25, 0.3) is 0 Å². The normalized spacial score (nSPS) is 34.2. The molecule has 1 fully saturated rings. The van der Waals surface area contributed by atoms with Crippen molar-refractivity contribution in [1.29, 1.82) is 0 Å². The Hall–Kier alpha value is -2.10. The van der Waals surface area contributed by atoms with Crippen molar-refractivity contribution < 1.29 is 19.4 Å². The van der Waals surface area contributed by atoms with Gasteiger partial charge in [0.15, 0.2) is 0 Å². The van der Waals surface area contributed by atoms with E-state index in [1.807, 2.05) is 0 Å². The first-order valence-electron chi connectivity index (χ1n) is 13.8. The quantitative estimate of drug-likeness (QED) is 0.246.